The van der Waals surface area contributed by atoms with E-state index in [-0.39, 0.29) is 0 Å². The van der Waals surface area contributed by atoms with E-state index in [0.29, 0.717) is 22.0 Å². The number of aromatic nitrogens is 2. The van der Waals surface area contributed by atoms with Crippen molar-refractivity contribution in [2.45, 2.75) is 43.5 Å². The molecule has 94 valence electrons. The molecule has 0 aliphatic heterocycles. The SMILES string of the molecule is CC1CCC(Sc2nc(N)cc(N)n2)CC1C. The lowest BCUT2D eigenvalue weighted by Crippen LogP contribution is -2.22. The molecule has 1 heterocycles. The molecule has 0 spiro atoms. The fourth-order valence-corrected chi connectivity index (χ4v) is 3.54. The maximum Gasteiger partial charge on any atom is 0.191 e. The third-order valence-electron chi connectivity index (χ3n) is 3.57. The Morgan fingerprint density at radius 2 is 1.76 bits per heavy atom. The van der Waals surface area contributed by atoms with E-state index in [1.54, 1.807) is 17.8 Å². The number of anilines is 2. The van der Waals surface area contributed by atoms with Gasteiger partial charge < -0.3 is 11.5 Å². The molecular formula is C12H20N4S. The van der Waals surface area contributed by atoms with E-state index in [0.717, 1.165) is 11.8 Å². The van der Waals surface area contributed by atoms with Crippen molar-refractivity contribution in [1.29, 1.82) is 0 Å². The molecule has 3 unspecified atom stereocenters. The average molecular weight is 252 g/mol. The van der Waals surface area contributed by atoms with Gasteiger partial charge in [-0.05, 0) is 31.1 Å². The van der Waals surface area contributed by atoms with Gasteiger partial charge in [0.1, 0.15) is 11.6 Å². The van der Waals surface area contributed by atoms with Crippen molar-refractivity contribution in [1.82, 2.24) is 9.97 Å². The van der Waals surface area contributed by atoms with E-state index in [4.69, 9.17) is 11.5 Å². The van der Waals surface area contributed by atoms with Crippen molar-refractivity contribution >= 4 is 23.4 Å². The summed E-state index contributed by atoms with van der Waals surface area (Å²) in [7, 11) is 0. The van der Waals surface area contributed by atoms with Crippen molar-refractivity contribution in [3.05, 3.63) is 6.07 Å². The lowest BCUT2D eigenvalue weighted by atomic mass is 9.81. The van der Waals surface area contributed by atoms with Gasteiger partial charge in [0.05, 0.1) is 0 Å². The topological polar surface area (TPSA) is 77.8 Å². The third kappa shape index (κ3) is 3.25. The monoisotopic (exact) mass is 252 g/mol. The van der Waals surface area contributed by atoms with E-state index < -0.39 is 0 Å². The quantitative estimate of drug-likeness (QED) is 0.791. The zero-order valence-corrected chi connectivity index (χ0v) is 11.2. The van der Waals surface area contributed by atoms with E-state index >= 15 is 0 Å². The molecule has 3 atom stereocenters. The second-order valence-corrected chi connectivity index (χ2v) is 6.28. The number of hydrogen-bond donors (Lipinski definition) is 2. The van der Waals surface area contributed by atoms with E-state index in [1.165, 1.54) is 19.3 Å². The lowest BCUT2D eigenvalue weighted by Gasteiger charge is -2.31. The summed E-state index contributed by atoms with van der Waals surface area (Å²) in [6, 6.07) is 1.59. The number of nitrogen functional groups attached to an aromatic ring is 2. The highest BCUT2D eigenvalue weighted by Crippen LogP contribution is 2.37. The average Bonchev–Trinajstić information content (AvgIpc) is 2.22. The normalized spacial score (nSPS) is 29.2. The Kier molecular flexibility index (Phi) is 3.76. The van der Waals surface area contributed by atoms with Gasteiger partial charge in [-0.15, -0.1) is 0 Å². The van der Waals surface area contributed by atoms with Gasteiger partial charge in [-0.25, -0.2) is 9.97 Å². The maximum absolute atomic E-state index is 5.67. The molecule has 1 aromatic heterocycles. The van der Waals surface area contributed by atoms with Gasteiger partial charge in [0.15, 0.2) is 5.16 Å². The van der Waals surface area contributed by atoms with Crippen LogP contribution < -0.4 is 11.5 Å². The Bertz CT molecular complexity index is 376. The molecule has 1 aliphatic carbocycles. The van der Waals surface area contributed by atoms with Crippen LogP contribution in [-0.2, 0) is 0 Å². The zero-order valence-electron chi connectivity index (χ0n) is 10.4. The van der Waals surface area contributed by atoms with Gasteiger partial charge in [-0.3, -0.25) is 0 Å². The maximum atomic E-state index is 5.67. The first kappa shape index (κ1) is 12.5. The molecule has 1 fully saturated rings. The predicted octanol–water partition coefficient (Wildman–Crippen LogP) is 2.56. The highest BCUT2D eigenvalue weighted by molar-refractivity contribution is 7.99. The Morgan fingerprint density at radius 1 is 1.12 bits per heavy atom. The first-order valence-corrected chi connectivity index (χ1v) is 6.99. The minimum absolute atomic E-state index is 0.456. The molecule has 0 aromatic carbocycles. The predicted molar refractivity (Wildman–Crippen MR) is 72.7 cm³/mol. The molecule has 4 nitrogen and oxygen atoms in total. The Hall–Kier alpha value is -0.970. The summed E-state index contributed by atoms with van der Waals surface area (Å²) in [4.78, 5) is 8.44. The largest absolute Gasteiger partial charge is 0.383 e. The van der Waals surface area contributed by atoms with Crippen LogP contribution in [0.25, 0.3) is 0 Å². The van der Waals surface area contributed by atoms with Crippen LogP contribution in [0.5, 0.6) is 0 Å². The lowest BCUT2D eigenvalue weighted by molar-refractivity contribution is 0.283. The zero-order chi connectivity index (χ0) is 12.4. The molecule has 5 heteroatoms. The van der Waals surface area contributed by atoms with Crippen molar-refractivity contribution < 1.29 is 0 Å². The summed E-state index contributed by atoms with van der Waals surface area (Å²) in [5.41, 5.74) is 11.3. The van der Waals surface area contributed by atoms with Gasteiger partial charge in [0, 0.05) is 11.3 Å². The minimum atomic E-state index is 0.456. The summed E-state index contributed by atoms with van der Waals surface area (Å²) in [6.07, 6.45) is 3.74. The molecular weight excluding hydrogens is 232 g/mol. The number of nitrogens with two attached hydrogens (primary N) is 2. The molecule has 0 amide bonds. The fraction of sp³-hybridized carbons (Fsp3) is 0.667. The molecule has 17 heavy (non-hydrogen) atoms. The highest BCUT2D eigenvalue weighted by Gasteiger charge is 2.25. The van der Waals surface area contributed by atoms with Crippen LogP contribution in [0.2, 0.25) is 0 Å². The van der Waals surface area contributed by atoms with Crippen molar-refractivity contribution in [2.75, 3.05) is 11.5 Å². The van der Waals surface area contributed by atoms with Crippen LogP contribution in [0.15, 0.2) is 11.2 Å². The molecule has 0 bridgehead atoms. The molecule has 1 aliphatic rings. The molecule has 1 aromatic rings. The number of thioether (sulfide) groups is 1. The van der Waals surface area contributed by atoms with E-state index in [1.807, 2.05) is 0 Å². The van der Waals surface area contributed by atoms with Gasteiger partial charge >= 0.3 is 0 Å². The Morgan fingerprint density at radius 3 is 2.35 bits per heavy atom. The summed E-state index contributed by atoms with van der Waals surface area (Å²) in [5.74, 6) is 2.52. The standard InChI is InChI=1S/C12H20N4S/c1-7-3-4-9(5-8(7)2)17-12-15-10(13)6-11(14)16-12/h6-9H,3-5H2,1-2H3,(H4,13,14,15,16). The molecule has 2 rings (SSSR count). The van der Waals surface area contributed by atoms with Crippen molar-refractivity contribution in [3.8, 4) is 0 Å². The Labute approximate surface area is 107 Å². The van der Waals surface area contributed by atoms with E-state index in [9.17, 15) is 0 Å². The summed E-state index contributed by atoms with van der Waals surface area (Å²) < 4.78 is 0. The third-order valence-corrected chi connectivity index (χ3v) is 4.72. The van der Waals surface area contributed by atoms with Crippen LogP contribution in [-0.4, -0.2) is 15.2 Å². The molecule has 4 N–H and O–H groups in total. The number of hydrogen-bond acceptors (Lipinski definition) is 5. The summed E-state index contributed by atoms with van der Waals surface area (Å²) in [6.45, 7) is 4.66. The second-order valence-electron chi connectivity index (χ2n) is 5.01. The molecule has 0 radical (unpaired) electrons. The Balaban J connectivity index is 2.01. The summed E-state index contributed by atoms with van der Waals surface area (Å²) >= 11 is 1.72. The molecule has 1 saturated carbocycles. The first-order valence-electron chi connectivity index (χ1n) is 6.11. The van der Waals surface area contributed by atoms with Crippen LogP contribution in [0.1, 0.15) is 33.1 Å². The molecule has 0 saturated heterocycles. The van der Waals surface area contributed by atoms with E-state index in [2.05, 4.69) is 23.8 Å². The van der Waals surface area contributed by atoms with Crippen LogP contribution in [0.4, 0.5) is 11.6 Å². The highest BCUT2D eigenvalue weighted by atomic mass is 32.2. The minimum Gasteiger partial charge on any atom is -0.383 e. The van der Waals surface area contributed by atoms with Crippen molar-refractivity contribution in [3.63, 3.8) is 0 Å². The van der Waals surface area contributed by atoms with Gasteiger partial charge in [-0.2, -0.15) is 0 Å². The second kappa shape index (κ2) is 5.12. The van der Waals surface area contributed by atoms with Gasteiger partial charge in [0.2, 0.25) is 0 Å². The van der Waals surface area contributed by atoms with Crippen LogP contribution in [0, 0.1) is 11.8 Å². The van der Waals surface area contributed by atoms with Gasteiger partial charge in [0.25, 0.3) is 0 Å². The number of rotatable bonds is 2. The first-order chi connectivity index (χ1) is 8.04. The summed E-state index contributed by atoms with van der Waals surface area (Å²) in [5, 5.41) is 1.32. The number of nitrogens with zero attached hydrogens (tertiary/aromatic N) is 2. The smallest absolute Gasteiger partial charge is 0.191 e. The van der Waals surface area contributed by atoms with Crippen molar-refractivity contribution in [2.24, 2.45) is 11.8 Å². The fourth-order valence-electron chi connectivity index (χ4n) is 2.27. The van der Waals surface area contributed by atoms with Crippen LogP contribution in [0.3, 0.4) is 0 Å². The van der Waals surface area contributed by atoms with Crippen LogP contribution >= 0.6 is 11.8 Å². The van der Waals surface area contributed by atoms with Gasteiger partial charge in [-0.1, -0.05) is 25.6 Å².